The smallest absolute Gasteiger partial charge is 0.246 e. The van der Waals surface area contributed by atoms with Crippen LogP contribution < -0.4 is 10.2 Å². The number of nitrogens with one attached hydrogen (secondary N) is 1. The van der Waals surface area contributed by atoms with Crippen molar-refractivity contribution in [3.63, 3.8) is 0 Å². The van der Waals surface area contributed by atoms with Crippen molar-refractivity contribution < 1.29 is 4.79 Å². The molecule has 1 N–H and O–H groups in total. The van der Waals surface area contributed by atoms with Gasteiger partial charge in [-0.05, 0) is 24.6 Å². The lowest BCUT2D eigenvalue weighted by molar-refractivity contribution is -0.117. The molecule has 1 aliphatic heterocycles. The molecule has 0 radical (unpaired) electrons. The topological polar surface area (TPSA) is 56.1 Å². The highest BCUT2D eigenvalue weighted by molar-refractivity contribution is 6.02. The summed E-state index contributed by atoms with van der Waals surface area (Å²) in [5, 5.41) is 12.0. The minimum Gasteiger partial charge on any atom is -0.374 e. The molecule has 0 atom stereocenters. The lowest BCUT2D eigenvalue weighted by Crippen LogP contribution is -2.40. The number of anilines is 2. The summed E-state index contributed by atoms with van der Waals surface area (Å²) in [6, 6.07) is 7.50. The van der Waals surface area contributed by atoms with Gasteiger partial charge < -0.3 is 10.2 Å². The summed E-state index contributed by atoms with van der Waals surface area (Å²) in [5.74, 6) is 0.0704. The van der Waals surface area contributed by atoms with Gasteiger partial charge in [-0.25, -0.2) is 0 Å². The number of nitriles is 1. The van der Waals surface area contributed by atoms with E-state index in [1.165, 1.54) is 0 Å². The average Bonchev–Trinajstić information content (AvgIpc) is 2.37. The van der Waals surface area contributed by atoms with Gasteiger partial charge in [-0.1, -0.05) is 13.3 Å². The molecule has 0 saturated carbocycles. The van der Waals surface area contributed by atoms with E-state index < -0.39 is 0 Å². The second kappa shape index (κ2) is 4.88. The molecule has 0 bridgehead atoms. The van der Waals surface area contributed by atoms with Crippen molar-refractivity contribution in [2.45, 2.75) is 19.8 Å². The van der Waals surface area contributed by atoms with E-state index in [1.54, 1.807) is 17.0 Å². The molecule has 1 amide bonds. The van der Waals surface area contributed by atoms with E-state index in [0.29, 0.717) is 12.1 Å². The monoisotopic (exact) mass is 229 g/mol. The zero-order chi connectivity index (χ0) is 12.3. The summed E-state index contributed by atoms with van der Waals surface area (Å²) in [7, 11) is 0. The molecule has 0 saturated heterocycles. The Labute approximate surface area is 101 Å². The Morgan fingerprint density at radius 2 is 2.35 bits per heavy atom. The lowest BCUT2D eigenvalue weighted by atomic mass is 10.1. The standard InChI is InChI=1S/C13H15N3O/c1-2-3-6-16-12-7-10(8-14)4-5-11(12)15-9-13(16)17/h4-5,7,15H,2-3,6,9H2,1H3. The van der Waals surface area contributed by atoms with Gasteiger partial charge >= 0.3 is 0 Å². The second-order valence-corrected chi connectivity index (χ2v) is 4.10. The molecule has 1 aromatic rings. The Kier molecular flexibility index (Phi) is 3.29. The number of rotatable bonds is 3. The molecule has 0 fully saturated rings. The fourth-order valence-corrected chi connectivity index (χ4v) is 1.94. The summed E-state index contributed by atoms with van der Waals surface area (Å²) < 4.78 is 0. The summed E-state index contributed by atoms with van der Waals surface area (Å²) in [4.78, 5) is 13.6. The van der Waals surface area contributed by atoms with Crippen LogP contribution in [0.25, 0.3) is 0 Å². The minimum atomic E-state index is 0.0704. The van der Waals surface area contributed by atoms with Crippen LogP contribution in [0.3, 0.4) is 0 Å². The molecule has 0 spiro atoms. The van der Waals surface area contributed by atoms with Crippen LogP contribution in [0.4, 0.5) is 11.4 Å². The van der Waals surface area contributed by atoms with Gasteiger partial charge in [0.1, 0.15) is 0 Å². The first kappa shape index (κ1) is 11.5. The van der Waals surface area contributed by atoms with Crippen LogP contribution in [0, 0.1) is 11.3 Å². The summed E-state index contributed by atoms with van der Waals surface area (Å²) >= 11 is 0. The predicted octanol–water partition coefficient (Wildman–Crippen LogP) is 2.12. The van der Waals surface area contributed by atoms with Crippen LogP contribution in [0.5, 0.6) is 0 Å². The quantitative estimate of drug-likeness (QED) is 0.863. The third kappa shape index (κ3) is 2.23. The fraction of sp³-hybridized carbons (Fsp3) is 0.385. The zero-order valence-electron chi connectivity index (χ0n) is 9.86. The Bertz CT molecular complexity index is 476. The van der Waals surface area contributed by atoms with E-state index in [4.69, 9.17) is 5.26 Å². The number of fused-ring (bicyclic) bond motifs is 1. The number of hydrogen-bond acceptors (Lipinski definition) is 3. The van der Waals surface area contributed by atoms with Gasteiger partial charge in [-0.3, -0.25) is 4.79 Å². The van der Waals surface area contributed by atoms with Crippen molar-refractivity contribution >= 4 is 17.3 Å². The number of amides is 1. The number of carbonyl (C=O) groups excluding carboxylic acids is 1. The van der Waals surface area contributed by atoms with Gasteiger partial charge in [0.05, 0.1) is 29.6 Å². The molecule has 88 valence electrons. The molecule has 1 aromatic carbocycles. The van der Waals surface area contributed by atoms with Crippen LogP contribution in [0.1, 0.15) is 25.3 Å². The zero-order valence-corrected chi connectivity index (χ0v) is 9.86. The van der Waals surface area contributed by atoms with Gasteiger partial charge in [-0.15, -0.1) is 0 Å². The van der Waals surface area contributed by atoms with Crippen molar-refractivity contribution in [3.8, 4) is 6.07 Å². The first-order chi connectivity index (χ1) is 8.26. The molecule has 4 nitrogen and oxygen atoms in total. The third-order valence-corrected chi connectivity index (χ3v) is 2.88. The van der Waals surface area contributed by atoms with Crippen molar-refractivity contribution in [3.05, 3.63) is 23.8 Å². The number of carbonyl (C=O) groups is 1. The van der Waals surface area contributed by atoms with Gasteiger partial charge in [-0.2, -0.15) is 5.26 Å². The highest BCUT2D eigenvalue weighted by atomic mass is 16.2. The maximum absolute atomic E-state index is 11.8. The minimum absolute atomic E-state index is 0.0704. The molecule has 4 heteroatoms. The SMILES string of the molecule is CCCCN1C(=O)CNc2ccc(C#N)cc21. The van der Waals surface area contributed by atoms with E-state index in [2.05, 4.69) is 18.3 Å². The van der Waals surface area contributed by atoms with E-state index >= 15 is 0 Å². The van der Waals surface area contributed by atoms with Gasteiger partial charge in [0.2, 0.25) is 5.91 Å². The largest absolute Gasteiger partial charge is 0.374 e. The van der Waals surface area contributed by atoms with Crippen molar-refractivity contribution in [1.82, 2.24) is 0 Å². The molecular weight excluding hydrogens is 214 g/mol. The number of hydrogen-bond donors (Lipinski definition) is 1. The van der Waals surface area contributed by atoms with Crippen LogP contribution in [0.2, 0.25) is 0 Å². The molecule has 2 rings (SSSR count). The average molecular weight is 229 g/mol. The van der Waals surface area contributed by atoms with Crippen LogP contribution in [-0.2, 0) is 4.79 Å². The molecule has 17 heavy (non-hydrogen) atoms. The molecule has 1 aliphatic rings. The summed E-state index contributed by atoms with van der Waals surface area (Å²) in [5.41, 5.74) is 2.34. The highest BCUT2D eigenvalue weighted by Gasteiger charge is 2.23. The summed E-state index contributed by atoms with van der Waals surface area (Å²) in [6.07, 6.45) is 2.02. The van der Waals surface area contributed by atoms with E-state index in [9.17, 15) is 4.79 Å². The fourth-order valence-electron chi connectivity index (χ4n) is 1.94. The first-order valence-corrected chi connectivity index (χ1v) is 5.84. The molecular formula is C13H15N3O. The molecule has 0 aromatic heterocycles. The number of nitrogens with zero attached hydrogens (tertiary/aromatic N) is 2. The lowest BCUT2D eigenvalue weighted by Gasteiger charge is -2.30. The Morgan fingerprint density at radius 3 is 3.06 bits per heavy atom. The van der Waals surface area contributed by atoms with Gasteiger partial charge in [0, 0.05) is 6.54 Å². The van der Waals surface area contributed by atoms with Crippen LogP contribution >= 0.6 is 0 Å². The maximum atomic E-state index is 11.8. The second-order valence-electron chi connectivity index (χ2n) is 4.10. The van der Waals surface area contributed by atoms with Gasteiger partial charge in [0.15, 0.2) is 0 Å². The van der Waals surface area contributed by atoms with Gasteiger partial charge in [0.25, 0.3) is 0 Å². The maximum Gasteiger partial charge on any atom is 0.246 e. The van der Waals surface area contributed by atoms with Crippen LogP contribution in [0.15, 0.2) is 18.2 Å². The van der Waals surface area contributed by atoms with E-state index in [-0.39, 0.29) is 5.91 Å². The highest BCUT2D eigenvalue weighted by Crippen LogP contribution is 2.30. The Hall–Kier alpha value is -2.02. The number of benzene rings is 1. The third-order valence-electron chi connectivity index (χ3n) is 2.88. The Balaban J connectivity index is 2.35. The van der Waals surface area contributed by atoms with E-state index in [0.717, 1.165) is 30.8 Å². The predicted molar refractivity (Wildman–Crippen MR) is 66.9 cm³/mol. The van der Waals surface area contributed by atoms with Crippen molar-refractivity contribution in [2.24, 2.45) is 0 Å². The van der Waals surface area contributed by atoms with Crippen LogP contribution in [-0.4, -0.2) is 19.0 Å². The van der Waals surface area contributed by atoms with E-state index in [1.807, 2.05) is 6.07 Å². The Morgan fingerprint density at radius 1 is 1.53 bits per heavy atom. The molecule has 0 unspecified atom stereocenters. The molecule has 1 heterocycles. The van der Waals surface area contributed by atoms with Crippen molar-refractivity contribution in [1.29, 1.82) is 5.26 Å². The van der Waals surface area contributed by atoms with Crippen molar-refractivity contribution in [2.75, 3.05) is 23.3 Å². The first-order valence-electron chi connectivity index (χ1n) is 5.84. The molecule has 0 aliphatic carbocycles. The summed E-state index contributed by atoms with van der Waals surface area (Å²) in [6.45, 7) is 3.15. The number of unbranched alkanes of at least 4 members (excludes halogenated alkanes) is 1. The normalized spacial score (nSPS) is 13.9.